The molecule has 0 aromatic carbocycles. The Kier molecular flexibility index (Phi) is 3.82. The molecule has 1 aliphatic rings. The summed E-state index contributed by atoms with van der Waals surface area (Å²) >= 11 is 1.78. The lowest BCUT2D eigenvalue weighted by Gasteiger charge is -2.21. The van der Waals surface area contributed by atoms with Crippen molar-refractivity contribution in [2.24, 2.45) is 0 Å². The smallest absolute Gasteiger partial charge is 0.138 e. The van der Waals surface area contributed by atoms with Gasteiger partial charge in [0.25, 0.3) is 0 Å². The highest BCUT2D eigenvalue weighted by Gasteiger charge is 2.18. The van der Waals surface area contributed by atoms with Crippen molar-refractivity contribution in [3.8, 4) is 0 Å². The number of hydrogen-bond acceptors (Lipinski definition) is 4. The van der Waals surface area contributed by atoms with Gasteiger partial charge in [0.1, 0.15) is 5.82 Å². The monoisotopic (exact) mass is 237 g/mol. The molecule has 1 N–H and O–H groups in total. The van der Waals surface area contributed by atoms with E-state index in [0.717, 1.165) is 31.1 Å². The van der Waals surface area contributed by atoms with Crippen LogP contribution in [0.3, 0.4) is 0 Å². The standard InChI is InChI=1S/C12H19N3S/c1-8(2)12-9-4-5-13-6-10(9)14-11(15-12)7-16-3/h8,13H,4-7H2,1-3H3. The van der Waals surface area contributed by atoms with Gasteiger partial charge in [-0.1, -0.05) is 13.8 Å². The molecule has 16 heavy (non-hydrogen) atoms. The van der Waals surface area contributed by atoms with Crippen LogP contribution in [0.5, 0.6) is 0 Å². The summed E-state index contributed by atoms with van der Waals surface area (Å²) in [6.07, 6.45) is 3.17. The second-order valence-corrected chi connectivity index (χ2v) is 5.33. The van der Waals surface area contributed by atoms with Crippen molar-refractivity contribution in [3.63, 3.8) is 0 Å². The zero-order valence-corrected chi connectivity index (χ0v) is 11.0. The van der Waals surface area contributed by atoms with Crippen LogP contribution >= 0.6 is 11.8 Å². The maximum Gasteiger partial charge on any atom is 0.138 e. The van der Waals surface area contributed by atoms with E-state index in [9.17, 15) is 0 Å². The molecule has 0 aliphatic carbocycles. The number of thioether (sulfide) groups is 1. The first kappa shape index (κ1) is 11.9. The van der Waals surface area contributed by atoms with Crippen molar-refractivity contribution in [1.82, 2.24) is 15.3 Å². The number of fused-ring (bicyclic) bond motifs is 1. The second kappa shape index (κ2) is 5.15. The van der Waals surface area contributed by atoms with Gasteiger partial charge in [-0.05, 0) is 30.7 Å². The molecule has 0 radical (unpaired) electrons. The Hall–Kier alpha value is -0.610. The third kappa shape index (κ3) is 2.38. The van der Waals surface area contributed by atoms with E-state index < -0.39 is 0 Å². The molecule has 0 unspecified atom stereocenters. The van der Waals surface area contributed by atoms with Gasteiger partial charge in [0.05, 0.1) is 17.1 Å². The average Bonchev–Trinajstić information content (AvgIpc) is 2.28. The molecule has 3 nitrogen and oxygen atoms in total. The lowest BCUT2D eigenvalue weighted by Crippen LogP contribution is -2.27. The minimum absolute atomic E-state index is 0.496. The van der Waals surface area contributed by atoms with Gasteiger partial charge in [0, 0.05) is 6.54 Å². The first-order valence-electron chi connectivity index (χ1n) is 5.80. The number of aromatic nitrogens is 2. The normalized spacial score (nSPS) is 15.2. The van der Waals surface area contributed by atoms with Gasteiger partial charge in [-0.3, -0.25) is 0 Å². The zero-order valence-electron chi connectivity index (χ0n) is 10.2. The molecule has 0 bridgehead atoms. The molecular weight excluding hydrogens is 218 g/mol. The Morgan fingerprint density at radius 3 is 2.88 bits per heavy atom. The lowest BCUT2D eigenvalue weighted by molar-refractivity contribution is 0.603. The highest BCUT2D eigenvalue weighted by Crippen LogP contribution is 2.23. The average molecular weight is 237 g/mol. The summed E-state index contributed by atoms with van der Waals surface area (Å²) in [5.74, 6) is 2.39. The maximum atomic E-state index is 4.72. The fourth-order valence-electron chi connectivity index (χ4n) is 2.11. The van der Waals surface area contributed by atoms with Gasteiger partial charge in [-0.15, -0.1) is 0 Å². The fraction of sp³-hybridized carbons (Fsp3) is 0.667. The number of nitrogens with one attached hydrogen (secondary N) is 1. The molecule has 0 saturated carbocycles. The lowest BCUT2D eigenvalue weighted by atomic mass is 9.97. The second-order valence-electron chi connectivity index (χ2n) is 4.46. The fourth-order valence-corrected chi connectivity index (χ4v) is 2.50. The van der Waals surface area contributed by atoms with Crippen LogP contribution in [0.2, 0.25) is 0 Å². The van der Waals surface area contributed by atoms with E-state index in [1.54, 1.807) is 11.8 Å². The van der Waals surface area contributed by atoms with Crippen molar-refractivity contribution >= 4 is 11.8 Å². The van der Waals surface area contributed by atoms with Crippen LogP contribution in [0.25, 0.3) is 0 Å². The largest absolute Gasteiger partial charge is 0.311 e. The van der Waals surface area contributed by atoms with Crippen molar-refractivity contribution in [2.45, 2.75) is 38.5 Å². The summed E-state index contributed by atoms with van der Waals surface area (Å²) in [4.78, 5) is 9.37. The molecule has 1 aliphatic heterocycles. The third-order valence-electron chi connectivity index (χ3n) is 2.84. The third-order valence-corrected chi connectivity index (χ3v) is 3.38. The number of rotatable bonds is 3. The highest BCUT2D eigenvalue weighted by molar-refractivity contribution is 7.97. The molecule has 4 heteroatoms. The molecule has 0 atom stereocenters. The van der Waals surface area contributed by atoms with E-state index in [0.29, 0.717) is 5.92 Å². The Bertz CT molecular complexity index is 377. The molecule has 1 aromatic heterocycles. The predicted octanol–water partition coefficient (Wildman–Crippen LogP) is 2.11. The Morgan fingerprint density at radius 1 is 1.38 bits per heavy atom. The van der Waals surface area contributed by atoms with E-state index >= 15 is 0 Å². The zero-order chi connectivity index (χ0) is 11.5. The van der Waals surface area contributed by atoms with Crippen LogP contribution < -0.4 is 5.32 Å². The van der Waals surface area contributed by atoms with Crippen LogP contribution in [0.4, 0.5) is 0 Å². The quantitative estimate of drug-likeness (QED) is 0.874. The summed E-state index contributed by atoms with van der Waals surface area (Å²) in [6.45, 7) is 6.39. The molecular formula is C12H19N3S. The van der Waals surface area contributed by atoms with E-state index in [-0.39, 0.29) is 0 Å². The first-order chi connectivity index (χ1) is 7.72. The van der Waals surface area contributed by atoms with E-state index in [1.807, 2.05) is 0 Å². The highest BCUT2D eigenvalue weighted by atomic mass is 32.2. The molecule has 0 fully saturated rings. The van der Waals surface area contributed by atoms with E-state index in [1.165, 1.54) is 17.0 Å². The van der Waals surface area contributed by atoms with Crippen LogP contribution in [0.15, 0.2) is 0 Å². The van der Waals surface area contributed by atoms with Crippen LogP contribution in [-0.2, 0) is 18.7 Å². The summed E-state index contributed by atoms with van der Waals surface area (Å²) in [5, 5.41) is 3.38. The molecule has 2 rings (SSSR count). The Labute approximate surface area is 101 Å². The van der Waals surface area contributed by atoms with Gasteiger partial charge in [-0.25, -0.2) is 9.97 Å². The van der Waals surface area contributed by atoms with Crippen LogP contribution in [-0.4, -0.2) is 22.8 Å². The van der Waals surface area contributed by atoms with Gasteiger partial charge in [0.2, 0.25) is 0 Å². The van der Waals surface area contributed by atoms with Crippen molar-refractivity contribution in [2.75, 3.05) is 12.8 Å². The number of nitrogens with zero attached hydrogens (tertiary/aromatic N) is 2. The topological polar surface area (TPSA) is 37.8 Å². The minimum atomic E-state index is 0.496. The molecule has 88 valence electrons. The first-order valence-corrected chi connectivity index (χ1v) is 7.20. The maximum absolute atomic E-state index is 4.72. The van der Waals surface area contributed by atoms with Gasteiger partial charge < -0.3 is 5.32 Å². The summed E-state index contributed by atoms with van der Waals surface area (Å²) in [6, 6.07) is 0. The molecule has 1 aromatic rings. The predicted molar refractivity (Wildman–Crippen MR) is 68.8 cm³/mol. The van der Waals surface area contributed by atoms with Crippen LogP contribution in [0, 0.1) is 0 Å². The molecule has 2 heterocycles. The molecule has 0 saturated heterocycles. The summed E-state index contributed by atoms with van der Waals surface area (Å²) in [7, 11) is 0. The summed E-state index contributed by atoms with van der Waals surface area (Å²) in [5.41, 5.74) is 3.86. The van der Waals surface area contributed by atoms with Gasteiger partial charge in [-0.2, -0.15) is 11.8 Å². The Balaban J connectivity index is 2.43. The summed E-state index contributed by atoms with van der Waals surface area (Å²) < 4.78 is 0. The Morgan fingerprint density at radius 2 is 2.19 bits per heavy atom. The minimum Gasteiger partial charge on any atom is -0.311 e. The van der Waals surface area contributed by atoms with E-state index in [4.69, 9.17) is 4.98 Å². The molecule has 0 amide bonds. The van der Waals surface area contributed by atoms with Gasteiger partial charge >= 0.3 is 0 Å². The van der Waals surface area contributed by atoms with Gasteiger partial charge in [0.15, 0.2) is 0 Å². The van der Waals surface area contributed by atoms with Crippen molar-refractivity contribution < 1.29 is 0 Å². The number of hydrogen-bond donors (Lipinski definition) is 1. The van der Waals surface area contributed by atoms with Crippen molar-refractivity contribution in [3.05, 3.63) is 22.8 Å². The van der Waals surface area contributed by atoms with E-state index in [2.05, 4.69) is 30.4 Å². The SMILES string of the molecule is CSCc1nc2c(c(C(C)C)n1)CCNC2. The molecule has 0 spiro atoms. The van der Waals surface area contributed by atoms with Crippen LogP contribution in [0.1, 0.15) is 42.5 Å². The van der Waals surface area contributed by atoms with Crippen molar-refractivity contribution in [1.29, 1.82) is 0 Å².